The van der Waals surface area contributed by atoms with Crippen molar-refractivity contribution in [3.63, 3.8) is 0 Å². The second-order valence-electron chi connectivity index (χ2n) is 8.90. The van der Waals surface area contributed by atoms with Crippen LogP contribution in [0.5, 0.6) is 0 Å². The minimum absolute atomic E-state index is 0.0149. The fourth-order valence-electron chi connectivity index (χ4n) is 4.91. The van der Waals surface area contributed by atoms with Gasteiger partial charge in [-0.1, -0.05) is 67.4 Å². The van der Waals surface area contributed by atoms with E-state index in [-0.39, 0.29) is 31.0 Å². The summed E-state index contributed by atoms with van der Waals surface area (Å²) in [6.07, 6.45) is 4.06. The summed E-state index contributed by atoms with van der Waals surface area (Å²) in [4.78, 5) is 36.2. The molecule has 2 aromatic carbocycles. The molecule has 1 saturated carbocycles. The van der Waals surface area contributed by atoms with Gasteiger partial charge in [-0.05, 0) is 42.0 Å². The Bertz CT molecular complexity index is 1060. The van der Waals surface area contributed by atoms with Gasteiger partial charge in [0.15, 0.2) is 0 Å². The molecule has 2 amide bonds. The van der Waals surface area contributed by atoms with Gasteiger partial charge in [-0.2, -0.15) is 0 Å². The Labute approximate surface area is 199 Å². The zero-order valence-electron chi connectivity index (χ0n) is 19.3. The van der Waals surface area contributed by atoms with Gasteiger partial charge in [0.1, 0.15) is 6.61 Å². The molecule has 2 aromatic rings. The molecule has 2 atom stereocenters. The molecule has 2 aliphatic carbocycles. The fraction of sp³-hybridized carbons (Fsp3) is 0.370. The molecule has 0 heterocycles. The van der Waals surface area contributed by atoms with E-state index in [1.54, 1.807) is 13.0 Å². The molecule has 3 N–H and O–H groups in total. The Morgan fingerprint density at radius 1 is 1.00 bits per heavy atom. The van der Waals surface area contributed by atoms with E-state index >= 15 is 0 Å². The second kappa shape index (κ2) is 10.5. The lowest BCUT2D eigenvalue weighted by atomic mass is 9.84. The van der Waals surface area contributed by atoms with Crippen LogP contribution in [0.3, 0.4) is 0 Å². The number of amides is 2. The third-order valence-electron chi connectivity index (χ3n) is 6.76. The normalized spacial score (nSPS) is 19.6. The van der Waals surface area contributed by atoms with Crippen molar-refractivity contribution in [2.24, 2.45) is 5.92 Å². The quantitative estimate of drug-likeness (QED) is 0.534. The Morgan fingerprint density at radius 2 is 1.62 bits per heavy atom. The monoisotopic (exact) mass is 462 g/mol. The van der Waals surface area contributed by atoms with Crippen molar-refractivity contribution in [3.05, 3.63) is 71.3 Å². The number of benzene rings is 2. The third-order valence-corrected chi connectivity index (χ3v) is 6.76. The number of carboxylic acids is 1. The van der Waals surface area contributed by atoms with Crippen LogP contribution in [-0.2, 0) is 14.3 Å². The van der Waals surface area contributed by atoms with Crippen LogP contribution < -0.4 is 10.6 Å². The lowest BCUT2D eigenvalue weighted by Crippen LogP contribution is -2.45. The van der Waals surface area contributed by atoms with Gasteiger partial charge in [0.2, 0.25) is 5.91 Å². The maximum Gasteiger partial charge on any atom is 0.407 e. The fourth-order valence-corrected chi connectivity index (χ4v) is 4.91. The van der Waals surface area contributed by atoms with Crippen LogP contribution in [0.1, 0.15) is 49.7 Å². The van der Waals surface area contributed by atoms with E-state index in [2.05, 4.69) is 34.9 Å². The average Bonchev–Trinajstić information content (AvgIpc) is 3.16. The Balaban J connectivity index is 1.27. The third kappa shape index (κ3) is 5.14. The van der Waals surface area contributed by atoms with E-state index in [1.807, 2.05) is 24.3 Å². The summed E-state index contributed by atoms with van der Waals surface area (Å²) in [5.41, 5.74) is 5.05. The maximum atomic E-state index is 12.5. The van der Waals surface area contributed by atoms with Gasteiger partial charge in [0.05, 0.1) is 5.92 Å². The minimum Gasteiger partial charge on any atom is -0.481 e. The molecular weight excluding hydrogens is 432 g/mol. The minimum atomic E-state index is -0.872. The number of hydrogen-bond donors (Lipinski definition) is 3. The second-order valence-corrected chi connectivity index (χ2v) is 8.90. The van der Waals surface area contributed by atoms with Crippen molar-refractivity contribution in [1.29, 1.82) is 0 Å². The number of fused-ring (bicyclic) bond motifs is 3. The van der Waals surface area contributed by atoms with Gasteiger partial charge in [-0.25, -0.2) is 4.79 Å². The highest BCUT2D eigenvalue weighted by molar-refractivity contribution is 5.93. The van der Waals surface area contributed by atoms with E-state index in [0.717, 1.165) is 24.0 Å². The van der Waals surface area contributed by atoms with E-state index in [1.165, 1.54) is 11.1 Å². The molecular formula is C27H30N2O5. The smallest absolute Gasteiger partial charge is 0.407 e. The number of alkyl carbamates (subject to hydrolysis) is 1. The number of aliphatic carboxylic acids is 1. The number of ether oxygens (including phenoxy) is 1. The molecule has 0 saturated heterocycles. The van der Waals surface area contributed by atoms with E-state index in [4.69, 9.17) is 4.74 Å². The number of carboxylic acid groups (broad SMARTS) is 1. The van der Waals surface area contributed by atoms with Gasteiger partial charge in [0, 0.05) is 24.1 Å². The van der Waals surface area contributed by atoms with Crippen molar-refractivity contribution in [3.8, 4) is 11.1 Å². The number of carbonyl (C=O) groups is 3. The molecule has 7 nitrogen and oxygen atoms in total. The van der Waals surface area contributed by atoms with Crippen LogP contribution >= 0.6 is 0 Å². The Morgan fingerprint density at radius 3 is 2.26 bits per heavy atom. The van der Waals surface area contributed by atoms with Crippen molar-refractivity contribution >= 4 is 18.0 Å². The summed E-state index contributed by atoms with van der Waals surface area (Å²) in [5, 5.41) is 14.9. The van der Waals surface area contributed by atoms with Crippen LogP contribution in [-0.4, -0.2) is 42.3 Å². The van der Waals surface area contributed by atoms with Crippen molar-refractivity contribution in [2.75, 3.05) is 13.2 Å². The van der Waals surface area contributed by atoms with Gasteiger partial charge in [-0.15, -0.1) is 0 Å². The SMILES string of the molecule is C/C(=C\CNC(=O)OCC1c2ccccc2-c2ccccc21)C(=O)NC1CCCCC1C(=O)O. The zero-order chi connectivity index (χ0) is 24.1. The highest BCUT2D eigenvalue weighted by atomic mass is 16.5. The van der Waals surface area contributed by atoms with Crippen LogP contribution in [0, 0.1) is 5.92 Å². The molecule has 34 heavy (non-hydrogen) atoms. The van der Waals surface area contributed by atoms with Crippen LogP contribution in [0.25, 0.3) is 11.1 Å². The lowest BCUT2D eigenvalue weighted by Gasteiger charge is -2.29. The molecule has 1 fully saturated rings. The first-order chi connectivity index (χ1) is 16.5. The average molecular weight is 463 g/mol. The largest absolute Gasteiger partial charge is 0.481 e. The Kier molecular flexibility index (Phi) is 7.30. The highest BCUT2D eigenvalue weighted by Gasteiger charge is 2.32. The number of rotatable bonds is 7. The van der Waals surface area contributed by atoms with Gasteiger partial charge < -0.3 is 20.5 Å². The summed E-state index contributed by atoms with van der Waals surface area (Å²) in [7, 11) is 0. The van der Waals surface area contributed by atoms with Gasteiger partial charge >= 0.3 is 12.1 Å². The van der Waals surface area contributed by atoms with Crippen LogP contribution in [0.2, 0.25) is 0 Å². The van der Waals surface area contributed by atoms with E-state index in [9.17, 15) is 19.5 Å². The molecule has 0 aromatic heterocycles. The first-order valence-electron chi connectivity index (χ1n) is 11.7. The molecule has 0 spiro atoms. The van der Waals surface area contributed by atoms with Crippen molar-refractivity contribution < 1.29 is 24.2 Å². The standard InChI is InChI=1S/C27H30N2O5/c1-17(25(30)29-24-13-7-6-12-22(24)26(31)32)14-15-28-27(33)34-16-23-20-10-4-2-8-18(20)19-9-3-5-11-21(19)23/h2-5,8-11,14,22-24H,6-7,12-13,15-16H2,1H3,(H,28,33)(H,29,30)(H,31,32)/b17-14+. The number of nitrogens with one attached hydrogen (secondary N) is 2. The lowest BCUT2D eigenvalue weighted by molar-refractivity contribution is -0.144. The molecule has 178 valence electrons. The molecule has 0 radical (unpaired) electrons. The molecule has 7 heteroatoms. The number of hydrogen-bond acceptors (Lipinski definition) is 4. The van der Waals surface area contributed by atoms with Gasteiger partial charge in [-0.3, -0.25) is 9.59 Å². The van der Waals surface area contributed by atoms with Gasteiger partial charge in [0.25, 0.3) is 0 Å². The number of carbonyl (C=O) groups excluding carboxylic acids is 2. The summed E-state index contributed by atoms with van der Waals surface area (Å²) in [6, 6.07) is 15.9. The summed E-state index contributed by atoms with van der Waals surface area (Å²) >= 11 is 0. The van der Waals surface area contributed by atoms with Crippen LogP contribution in [0.15, 0.2) is 60.2 Å². The van der Waals surface area contributed by atoms with Crippen LogP contribution in [0.4, 0.5) is 4.79 Å². The molecule has 0 bridgehead atoms. The highest BCUT2D eigenvalue weighted by Crippen LogP contribution is 2.44. The predicted molar refractivity (Wildman–Crippen MR) is 128 cm³/mol. The predicted octanol–water partition coefficient (Wildman–Crippen LogP) is 4.23. The topological polar surface area (TPSA) is 105 Å². The van der Waals surface area contributed by atoms with Crippen molar-refractivity contribution in [2.45, 2.75) is 44.6 Å². The maximum absolute atomic E-state index is 12.5. The summed E-state index contributed by atoms with van der Waals surface area (Å²) in [6.45, 7) is 2.01. The molecule has 2 aliphatic rings. The first-order valence-corrected chi connectivity index (χ1v) is 11.7. The Hall–Kier alpha value is -3.61. The molecule has 0 aliphatic heterocycles. The zero-order valence-corrected chi connectivity index (χ0v) is 19.3. The molecule has 2 unspecified atom stereocenters. The van der Waals surface area contributed by atoms with E-state index < -0.39 is 18.0 Å². The summed E-state index contributed by atoms with van der Waals surface area (Å²) in [5.74, 6) is -1.75. The molecule has 4 rings (SSSR count). The first kappa shape index (κ1) is 23.5. The van der Waals surface area contributed by atoms with Crippen molar-refractivity contribution in [1.82, 2.24) is 10.6 Å². The van der Waals surface area contributed by atoms with E-state index in [0.29, 0.717) is 18.4 Å². The summed E-state index contributed by atoms with van der Waals surface area (Å²) < 4.78 is 5.50.